The SMILES string of the molecule is O=[C]Nc1ccccc1C1CCCCC1. The molecule has 0 atom stereocenters. The second kappa shape index (κ2) is 4.96. The Morgan fingerprint density at radius 3 is 2.60 bits per heavy atom. The smallest absolute Gasteiger partial charge is 0.314 e. The van der Waals surface area contributed by atoms with Crippen molar-refractivity contribution in [1.29, 1.82) is 0 Å². The van der Waals surface area contributed by atoms with Crippen LogP contribution in [0.5, 0.6) is 0 Å². The summed E-state index contributed by atoms with van der Waals surface area (Å²) in [4.78, 5) is 10.4. The fourth-order valence-electron chi connectivity index (χ4n) is 2.44. The number of nitrogens with one attached hydrogen (secondary N) is 1. The Hall–Kier alpha value is -1.31. The van der Waals surface area contributed by atoms with Crippen LogP contribution in [0, 0.1) is 0 Å². The van der Waals surface area contributed by atoms with E-state index >= 15 is 0 Å². The van der Waals surface area contributed by atoms with Gasteiger partial charge in [-0.25, -0.2) is 0 Å². The predicted molar refractivity (Wildman–Crippen MR) is 61.6 cm³/mol. The normalized spacial score (nSPS) is 17.3. The maximum atomic E-state index is 10.4. The number of carbonyl (C=O) groups excluding carboxylic acids is 1. The Balaban J connectivity index is 2.20. The molecule has 1 N–H and O–H groups in total. The van der Waals surface area contributed by atoms with Crippen molar-refractivity contribution in [3.8, 4) is 0 Å². The first-order chi connectivity index (χ1) is 7.42. The minimum Gasteiger partial charge on any atom is -0.318 e. The molecule has 0 aromatic heterocycles. The van der Waals surface area contributed by atoms with Crippen molar-refractivity contribution in [2.75, 3.05) is 5.32 Å². The van der Waals surface area contributed by atoms with Crippen LogP contribution in [0.4, 0.5) is 5.69 Å². The molecule has 1 saturated carbocycles. The molecule has 79 valence electrons. The lowest BCUT2D eigenvalue weighted by atomic mass is 9.83. The van der Waals surface area contributed by atoms with Crippen molar-refractivity contribution in [2.45, 2.75) is 38.0 Å². The van der Waals surface area contributed by atoms with Crippen LogP contribution in [0.25, 0.3) is 0 Å². The number of benzene rings is 1. The average Bonchev–Trinajstić information content (AvgIpc) is 2.31. The van der Waals surface area contributed by atoms with Crippen molar-refractivity contribution >= 4 is 12.1 Å². The van der Waals surface area contributed by atoms with E-state index < -0.39 is 0 Å². The summed E-state index contributed by atoms with van der Waals surface area (Å²) in [6.07, 6.45) is 8.23. The Morgan fingerprint density at radius 1 is 1.13 bits per heavy atom. The van der Waals surface area contributed by atoms with Gasteiger partial charge in [0.2, 0.25) is 0 Å². The highest BCUT2D eigenvalue weighted by Crippen LogP contribution is 2.35. The summed E-state index contributed by atoms with van der Waals surface area (Å²) in [5, 5.41) is 2.67. The third-order valence-corrected chi connectivity index (χ3v) is 3.19. The molecule has 2 rings (SSSR count). The zero-order valence-corrected chi connectivity index (χ0v) is 8.83. The number of para-hydroxylation sites is 1. The molecule has 0 saturated heterocycles. The van der Waals surface area contributed by atoms with Crippen LogP contribution in [0.1, 0.15) is 43.6 Å². The zero-order valence-electron chi connectivity index (χ0n) is 8.83. The average molecular weight is 202 g/mol. The molecule has 0 bridgehead atoms. The van der Waals surface area contributed by atoms with E-state index in [1.165, 1.54) is 37.7 Å². The number of amides is 1. The van der Waals surface area contributed by atoms with Gasteiger partial charge in [-0.3, -0.25) is 4.79 Å². The van der Waals surface area contributed by atoms with E-state index in [-0.39, 0.29) is 0 Å². The van der Waals surface area contributed by atoms with Crippen LogP contribution < -0.4 is 5.32 Å². The third kappa shape index (κ3) is 2.38. The van der Waals surface area contributed by atoms with Gasteiger partial charge in [0.25, 0.3) is 0 Å². The Morgan fingerprint density at radius 2 is 1.87 bits per heavy atom. The highest BCUT2D eigenvalue weighted by Gasteiger charge is 2.17. The molecule has 0 aliphatic heterocycles. The Bertz CT molecular complexity index is 329. The summed E-state index contributed by atoms with van der Waals surface area (Å²) < 4.78 is 0. The molecular weight excluding hydrogens is 186 g/mol. The summed E-state index contributed by atoms with van der Waals surface area (Å²) in [6, 6.07) is 8.07. The van der Waals surface area contributed by atoms with Crippen molar-refractivity contribution in [1.82, 2.24) is 0 Å². The van der Waals surface area contributed by atoms with Crippen LogP contribution >= 0.6 is 0 Å². The molecular formula is C13H16NO. The lowest BCUT2D eigenvalue weighted by Crippen LogP contribution is -2.08. The van der Waals surface area contributed by atoms with Gasteiger partial charge in [0, 0.05) is 5.69 Å². The van der Waals surface area contributed by atoms with Gasteiger partial charge in [-0.1, -0.05) is 37.5 Å². The number of hydrogen-bond donors (Lipinski definition) is 1. The lowest BCUT2D eigenvalue weighted by molar-refractivity contribution is 0.444. The highest BCUT2D eigenvalue weighted by atomic mass is 16.1. The Kier molecular flexibility index (Phi) is 3.38. The molecule has 1 aliphatic rings. The minimum absolute atomic E-state index is 0.621. The first-order valence-corrected chi connectivity index (χ1v) is 5.64. The summed E-state index contributed by atoms with van der Waals surface area (Å²) >= 11 is 0. The monoisotopic (exact) mass is 202 g/mol. The van der Waals surface area contributed by atoms with E-state index in [1.54, 1.807) is 6.41 Å². The minimum atomic E-state index is 0.621. The number of rotatable bonds is 3. The molecule has 0 heterocycles. The number of hydrogen-bond acceptors (Lipinski definition) is 1. The van der Waals surface area contributed by atoms with E-state index in [9.17, 15) is 4.79 Å². The summed E-state index contributed by atoms with van der Waals surface area (Å²) in [6.45, 7) is 0. The summed E-state index contributed by atoms with van der Waals surface area (Å²) in [5.41, 5.74) is 2.21. The maximum Gasteiger partial charge on any atom is 0.314 e. The highest BCUT2D eigenvalue weighted by molar-refractivity contribution is 5.74. The van der Waals surface area contributed by atoms with Gasteiger partial charge < -0.3 is 5.32 Å². The van der Waals surface area contributed by atoms with Crippen LogP contribution in [-0.4, -0.2) is 6.41 Å². The molecule has 1 fully saturated rings. The fourth-order valence-corrected chi connectivity index (χ4v) is 2.44. The standard InChI is InChI=1S/C13H16NO/c15-10-14-13-9-5-4-8-12(13)11-6-2-1-3-7-11/h4-5,8-9,11H,1-3,6-7H2,(H,14,15). The quantitative estimate of drug-likeness (QED) is 0.749. The predicted octanol–water partition coefficient (Wildman–Crippen LogP) is 3.21. The first-order valence-electron chi connectivity index (χ1n) is 5.64. The molecule has 1 aromatic carbocycles. The van der Waals surface area contributed by atoms with E-state index in [2.05, 4.69) is 11.4 Å². The molecule has 1 amide bonds. The summed E-state index contributed by atoms with van der Waals surface area (Å²) in [5.74, 6) is 0.621. The van der Waals surface area contributed by atoms with E-state index in [4.69, 9.17) is 0 Å². The molecule has 2 nitrogen and oxygen atoms in total. The van der Waals surface area contributed by atoms with Gasteiger partial charge in [0.05, 0.1) is 0 Å². The van der Waals surface area contributed by atoms with Crippen LogP contribution in [0.3, 0.4) is 0 Å². The van der Waals surface area contributed by atoms with Crippen LogP contribution in [0.2, 0.25) is 0 Å². The van der Waals surface area contributed by atoms with Crippen LogP contribution in [0.15, 0.2) is 24.3 Å². The van der Waals surface area contributed by atoms with E-state index in [0.29, 0.717) is 5.92 Å². The van der Waals surface area contributed by atoms with Crippen LogP contribution in [-0.2, 0) is 4.79 Å². The number of anilines is 1. The lowest BCUT2D eigenvalue weighted by Gasteiger charge is -2.23. The van der Waals surface area contributed by atoms with E-state index in [1.807, 2.05) is 18.2 Å². The van der Waals surface area contributed by atoms with Gasteiger partial charge in [-0.15, -0.1) is 0 Å². The Labute approximate surface area is 90.7 Å². The van der Waals surface area contributed by atoms with Gasteiger partial charge >= 0.3 is 6.41 Å². The van der Waals surface area contributed by atoms with Crippen molar-refractivity contribution in [2.24, 2.45) is 0 Å². The molecule has 1 aliphatic carbocycles. The first kappa shape index (κ1) is 10.2. The maximum absolute atomic E-state index is 10.4. The largest absolute Gasteiger partial charge is 0.318 e. The second-order valence-electron chi connectivity index (χ2n) is 4.15. The van der Waals surface area contributed by atoms with Gasteiger partial charge in [-0.05, 0) is 30.4 Å². The third-order valence-electron chi connectivity index (χ3n) is 3.19. The summed E-state index contributed by atoms with van der Waals surface area (Å²) in [7, 11) is 0. The van der Waals surface area contributed by atoms with E-state index in [0.717, 1.165) is 5.69 Å². The second-order valence-corrected chi connectivity index (χ2v) is 4.15. The van der Waals surface area contributed by atoms with Crippen molar-refractivity contribution in [3.63, 3.8) is 0 Å². The molecule has 1 aromatic rings. The van der Waals surface area contributed by atoms with Crippen molar-refractivity contribution < 1.29 is 4.79 Å². The molecule has 15 heavy (non-hydrogen) atoms. The molecule has 0 unspecified atom stereocenters. The fraction of sp³-hybridized carbons (Fsp3) is 0.462. The molecule has 2 heteroatoms. The van der Waals surface area contributed by atoms with Gasteiger partial charge in [0.1, 0.15) is 0 Å². The molecule has 0 spiro atoms. The van der Waals surface area contributed by atoms with Crippen molar-refractivity contribution in [3.05, 3.63) is 29.8 Å². The topological polar surface area (TPSA) is 29.1 Å². The van der Waals surface area contributed by atoms with Gasteiger partial charge in [-0.2, -0.15) is 0 Å². The zero-order chi connectivity index (χ0) is 10.5. The molecule has 1 radical (unpaired) electrons. The van der Waals surface area contributed by atoms with Gasteiger partial charge in [0.15, 0.2) is 0 Å².